The first-order valence-corrected chi connectivity index (χ1v) is 6.82. The molecule has 2 amide bonds. The quantitative estimate of drug-likeness (QED) is 0.717. The van der Waals surface area contributed by atoms with Crippen LogP contribution in [0.15, 0.2) is 24.3 Å². The molecule has 0 fully saturated rings. The third kappa shape index (κ3) is 6.16. The highest BCUT2D eigenvalue weighted by molar-refractivity contribution is 5.82. The summed E-state index contributed by atoms with van der Waals surface area (Å²) in [7, 11) is 1.57. The molecule has 0 spiro atoms. The van der Waals surface area contributed by atoms with Gasteiger partial charge in [-0.1, -0.05) is 26.0 Å². The number of rotatable bonds is 7. The largest absolute Gasteiger partial charge is 0.497 e. The number of carboxylic acid groups (broad SMARTS) is 1. The van der Waals surface area contributed by atoms with Gasteiger partial charge in [-0.3, -0.25) is 0 Å². The summed E-state index contributed by atoms with van der Waals surface area (Å²) in [5.41, 5.74) is 0.875. The third-order valence-electron chi connectivity index (χ3n) is 2.90. The van der Waals surface area contributed by atoms with Crippen LogP contribution in [0.25, 0.3) is 0 Å². The lowest BCUT2D eigenvalue weighted by atomic mass is 10.0. The number of aliphatic carboxylic acids is 1. The topological polar surface area (TPSA) is 87.7 Å². The molecule has 1 aromatic carbocycles. The predicted octanol–water partition coefficient (Wildman–Crippen LogP) is 1.99. The van der Waals surface area contributed by atoms with Gasteiger partial charge in [0.05, 0.1) is 7.11 Å². The van der Waals surface area contributed by atoms with Crippen molar-refractivity contribution >= 4 is 12.0 Å². The Hall–Kier alpha value is -2.24. The van der Waals surface area contributed by atoms with E-state index in [-0.39, 0.29) is 5.92 Å². The molecule has 0 aliphatic rings. The number of hydrogen-bond donors (Lipinski definition) is 3. The molecule has 0 saturated carbocycles. The van der Waals surface area contributed by atoms with Crippen LogP contribution < -0.4 is 15.4 Å². The van der Waals surface area contributed by atoms with Crippen molar-refractivity contribution in [1.29, 1.82) is 0 Å². The van der Waals surface area contributed by atoms with Gasteiger partial charge < -0.3 is 20.5 Å². The molecule has 3 N–H and O–H groups in total. The Morgan fingerprint density at radius 3 is 2.62 bits per heavy atom. The van der Waals surface area contributed by atoms with Crippen LogP contribution >= 0.6 is 0 Å². The van der Waals surface area contributed by atoms with Crippen LogP contribution in [0, 0.1) is 5.92 Å². The van der Waals surface area contributed by atoms with E-state index >= 15 is 0 Å². The highest BCUT2D eigenvalue weighted by Gasteiger charge is 2.20. The van der Waals surface area contributed by atoms with Crippen molar-refractivity contribution in [2.75, 3.05) is 7.11 Å². The van der Waals surface area contributed by atoms with Crippen LogP contribution in [0.4, 0.5) is 4.79 Å². The first kappa shape index (κ1) is 16.8. The van der Waals surface area contributed by atoms with Gasteiger partial charge in [0.15, 0.2) is 0 Å². The van der Waals surface area contributed by atoms with E-state index in [1.165, 1.54) is 0 Å². The Morgan fingerprint density at radius 1 is 1.33 bits per heavy atom. The zero-order valence-corrected chi connectivity index (χ0v) is 12.6. The average molecular weight is 294 g/mol. The summed E-state index contributed by atoms with van der Waals surface area (Å²) in [5, 5.41) is 14.2. The summed E-state index contributed by atoms with van der Waals surface area (Å²) in [6, 6.07) is 5.93. The molecule has 0 aliphatic carbocycles. The molecular formula is C15H22N2O4. The minimum absolute atomic E-state index is 0.185. The highest BCUT2D eigenvalue weighted by atomic mass is 16.5. The van der Waals surface area contributed by atoms with Gasteiger partial charge >= 0.3 is 12.0 Å². The van der Waals surface area contributed by atoms with E-state index in [9.17, 15) is 9.59 Å². The lowest BCUT2D eigenvalue weighted by Crippen LogP contribution is -2.46. The van der Waals surface area contributed by atoms with Crippen LogP contribution in [0.1, 0.15) is 25.8 Å². The zero-order chi connectivity index (χ0) is 15.8. The van der Waals surface area contributed by atoms with Crippen molar-refractivity contribution in [1.82, 2.24) is 10.6 Å². The lowest BCUT2D eigenvalue weighted by Gasteiger charge is -2.17. The predicted molar refractivity (Wildman–Crippen MR) is 79.2 cm³/mol. The standard InChI is InChI=1S/C15H22N2O4/c1-10(2)7-13(14(18)19)17-15(20)16-9-11-5-4-6-12(8-11)21-3/h4-6,8,10,13H,7,9H2,1-3H3,(H,18,19)(H2,16,17,20)/t13-/m1/s1. The number of hydrogen-bond acceptors (Lipinski definition) is 3. The normalized spacial score (nSPS) is 11.8. The van der Waals surface area contributed by atoms with Gasteiger partial charge in [-0.05, 0) is 30.0 Å². The summed E-state index contributed by atoms with van der Waals surface area (Å²) in [6.07, 6.45) is 0.391. The fraction of sp³-hybridized carbons (Fsp3) is 0.467. The van der Waals surface area contributed by atoms with E-state index in [0.717, 1.165) is 5.56 Å². The summed E-state index contributed by atoms with van der Waals surface area (Å²) >= 11 is 0. The second kappa shape index (κ2) is 8.14. The second-order valence-corrected chi connectivity index (χ2v) is 5.20. The second-order valence-electron chi connectivity index (χ2n) is 5.20. The van der Waals surface area contributed by atoms with Crippen molar-refractivity contribution in [3.8, 4) is 5.75 Å². The van der Waals surface area contributed by atoms with Gasteiger partial charge in [-0.25, -0.2) is 9.59 Å². The Labute approximate surface area is 124 Å². The number of carbonyl (C=O) groups excluding carboxylic acids is 1. The molecule has 1 aromatic rings. The molecule has 0 unspecified atom stereocenters. The maximum Gasteiger partial charge on any atom is 0.326 e. The van der Waals surface area contributed by atoms with Crippen molar-refractivity contribution in [2.24, 2.45) is 5.92 Å². The molecule has 21 heavy (non-hydrogen) atoms. The summed E-state index contributed by atoms with van der Waals surface area (Å²) in [5.74, 6) is -0.136. The number of methoxy groups -OCH3 is 1. The van der Waals surface area contributed by atoms with Crippen LogP contribution in [0.2, 0.25) is 0 Å². The average Bonchev–Trinajstić information content (AvgIpc) is 2.44. The smallest absolute Gasteiger partial charge is 0.326 e. The van der Waals surface area contributed by atoms with Crippen molar-refractivity contribution in [3.63, 3.8) is 0 Å². The number of ether oxygens (including phenoxy) is 1. The Balaban J connectivity index is 2.50. The van der Waals surface area contributed by atoms with E-state index in [1.54, 1.807) is 7.11 Å². The van der Waals surface area contributed by atoms with Crippen LogP contribution in [0.5, 0.6) is 5.75 Å². The van der Waals surface area contributed by atoms with Crippen molar-refractivity contribution in [3.05, 3.63) is 29.8 Å². The fourth-order valence-corrected chi connectivity index (χ4v) is 1.87. The Morgan fingerprint density at radius 2 is 2.05 bits per heavy atom. The monoisotopic (exact) mass is 294 g/mol. The molecule has 0 aromatic heterocycles. The molecule has 6 nitrogen and oxygen atoms in total. The maximum atomic E-state index is 11.8. The Kier molecular flexibility index (Phi) is 6.52. The number of carboxylic acids is 1. The maximum absolute atomic E-state index is 11.8. The summed E-state index contributed by atoms with van der Waals surface area (Å²) < 4.78 is 5.10. The van der Waals surface area contributed by atoms with E-state index < -0.39 is 18.0 Å². The van der Waals surface area contributed by atoms with Gasteiger partial charge in [-0.2, -0.15) is 0 Å². The molecule has 0 bridgehead atoms. The minimum atomic E-state index is -1.03. The van der Waals surface area contributed by atoms with E-state index in [1.807, 2.05) is 38.1 Å². The third-order valence-corrected chi connectivity index (χ3v) is 2.90. The van der Waals surface area contributed by atoms with Crippen LogP contribution in [0.3, 0.4) is 0 Å². The number of carbonyl (C=O) groups is 2. The van der Waals surface area contributed by atoms with Gasteiger partial charge in [-0.15, -0.1) is 0 Å². The van der Waals surface area contributed by atoms with Gasteiger partial charge in [0, 0.05) is 6.54 Å². The molecule has 1 rings (SSSR count). The van der Waals surface area contributed by atoms with Gasteiger partial charge in [0.25, 0.3) is 0 Å². The molecule has 0 saturated heterocycles. The van der Waals surface area contributed by atoms with E-state index in [0.29, 0.717) is 18.7 Å². The number of nitrogens with one attached hydrogen (secondary N) is 2. The molecular weight excluding hydrogens is 272 g/mol. The van der Waals surface area contributed by atoms with Gasteiger partial charge in [0.2, 0.25) is 0 Å². The number of amides is 2. The van der Waals surface area contributed by atoms with Gasteiger partial charge in [0.1, 0.15) is 11.8 Å². The van der Waals surface area contributed by atoms with E-state index in [4.69, 9.17) is 9.84 Å². The SMILES string of the molecule is COc1cccc(CNC(=O)N[C@H](CC(C)C)C(=O)O)c1. The molecule has 1 atom stereocenters. The first-order chi connectivity index (χ1) is 9.92. The van der Waals surface area contributed by atoms with E-state index in [2.05, 4.69) is 10.6 Å². The number of urea groups is 1. The highest BCUT2D eigenvalue weighted by Crippen LogP contribution is 2.12. The molecule has 0 aliphatic heterocycles. The lowest BCUT2D eigenvalue weighted by molar-refractivity contribution is -0.139. The number of benzene rings is 1. The van der Waals surface area contributed by atoms with Crippen molar-refractivity contribution < 1.29 is 19.4 Å². The fourth-order valence-electron chi connectivity index (χ4n) is 1.87. The molecule has 116 valence electrons. The molecule has 6 heteroatoms. The van der Waals surface area contributed by atoms with Crippen LogP contribution in [-0.4, -0.2) is 30.3 Å². The Bertz CT molecular complexity index is 488. The van der Waals surface area contributed by atoms with Crippen LogP contribution in [-0.2, 0) is 11.3 Å². The molecule has 0 heterocycles. The van der Waals surface area contributed by atoms with Crippen molar-refractivity contribution in [2.45, 2.75) is 32.9 Å². The summed E-state index contributed by atoms with van der Waals surface area (Å²) in [6.45, 7) is 4.12. The first-order valence-electron chi connectivity index (χ1n) is 6.82. The minimum Gasteiger partial charge on any atom is -0.497 e. The molecule has 0 radical (unpaired) electrons. The summed E-state index contributed by atoms with van der Waals surface area (Å²) in [4.78, 5) is 22.8. The zero-order valence-electron chi connectivity index (χ0n) is 12.6.